The molecule has 3 N–H and O–H groups in total. The number of hydrogen-bond donors (Lipinski definition) is 3. The molecule has 1 aromatic heterocycles. The van der Waals surface area contributed by atoms with Crippen molar-refractivity contribution in [3.8, 4) is 5.69 Å². The van der Waals surface area contributed by atoms with Gasteiger partial charge in [0.2, 0.25) is 0 Å². The van der Waals surface area contributed by atoms with Crippen molar-refractivity contribution >= 4 is 6.03 Å². The number of nitrogens with one attached hydrogen (secondary N) is 2. The fourth-order valence-electron chi connectivity index (χ4n) is 2.06. The molecule has 2 aromatic rings. The predicted molar refractivity (Wildman–Crippen MR) is 91.8 cm³/mol. The summed E-state index contributed by atoms with van der Waals surface area (Å²) in [4.78, 5) is 12.0. The highest BCUT2D eigenvalue weighted by molar-refractivity contribution is 5.74. The number of nitrogens with zero attached hydrogens (tertiary/aromatic N) is 3. The first-order valence-corrected chi connectivity index (χ1v) is 8.03. The van der Waals surface area contributed by atoms with Crippen LogP contribution >= 0.6 is 0 Å². The molecule has 0 aliphatic heterocycles. The van der Waals surface area contributed by atoms with Crippen LogP contribution in [0.4, 0.5) is 4.79 Å². The van der Waals surface area contributed by atoms with E-state index in [0.717, 1.165) is 11.3 Å². The number of benzene rings is 1. The van der Waals surface area contributed by atoms with Gasteiger partial charge in [0.1, 0.15) is 0 Å². The third-order valence-electron chi connectivity index (χ3n) is 4.28. The van der Waals surface area contributed by atoms with Gasteiger partial charge in [-0.05, 0) is 37.5 Å². The van der Waals surface area contributed by atoms with Crippen LogP contribution in [0.5, 0.6) is 0 Å². The Balaban J connectivity index is 1.90. The SMILES string of the molecule is CC(NC(=O)NCC(C)(O)C(C)C)c1ccc(-n2ccnn2)cc1. The second-order valence-electron chi connectivity index (χ2n) is 6.50. The van der Waals surface area contributed by atoms with Crippen LogP contribution in [0.3, 0.4) is 0 Å². The Morgan fingerprint density at radius 2 is 1.96 bits per heavy atom. The maximum Gasteiger partial charge on any atom is 0.315 e. The summed E-state index contributed by atoms with van der Waals surface area (Å²) in [5, 5.41) is 23.4. The summed E-state index contributed by atoms with van der Waals surface area (Å²) in [5.74, 6) is 0.0551. The number of carbonyl (C=O) groups is 1. The van der Waals surface area contributed by atoms with Crippen molar-refractivity contribution in [2.45, 2.75) is 39.3 Å². The quantitative estimate of drug-likeness (QED) is 0.755. The third kappa shape index (κ3) is 4.55. The first-order valence-electron chi connectivity index (χ1n) is 8.03. The van der Waals surface area contributed by atoms with Crippen molar-refractivity contribution in [2.24, 2.45) is 5.92 Å². The molecule has 7 heteroatoms. The Hall–Kier alpha value is -2.41. The minimum absolute atomic E-state index is 0.0551. The molecule has 2 unspecified atom stereocenters. The van der Waals surface area contributed by atoms with Gasteiger partial charge in [0.25, 0.3) is 0 Å². The summed E-state index contributed by atoms with van der Waals surface area (Å²) in [6.45, 7) is 7.65. The van der Waals surface area contributed by atoms with E-state index in [0.29, 0.717) is 0 Å². The molecule has 1 heterocycles. The van der Waals surface area contributed by atoms with Gasteiger partial charge in [0.05, 0.1) is 29.7 Å². The fourth-order valence-corrected chi connectivity index (χ4v) is 2.06. The topological polar surface area (TPSA) is 92.1 Å². The van der Waals surface area contributed by atoms with E-state index in [1.807, 2.05) is 45.0 Å². The Bertz CT molecular complexity index is 650. The summed E-state index contributed by atoms with van der Waals surface area (Å²) < 4.78 is 1.67. The summed E-state index contributed by atoms with van der Waals surface area (Å²) in [5.41, 5.74) is 0.950. The highest BCUT2D eigenvalue weighted by Crippen LogP contribution is 2.16. The van der Waals surface area contributed by atoms with Crippen molar-refractivity contribution in [1.29, 1.82) is 0 Å². The summed E-state index contributed by atoms with van der Waals surface area (Å²) in [7, 11) is 0. The smallest absolute Gasteiger partial charge is 0.315 e. The first-order chi connectivity index (χ1) is 11.3. The molecule has 2 amide bonds. The molecule has 2 rings (SSSR count). The van der Waals surface area contributed by atoms with E-state index in [-0.39, 0.29) is 24.5 Å². The molecule has 0 saturated heterocycles. The van der Waals surface area contributed by atoms with Crippen LogP contribution in [0.25, 0.3) is 5.69 Å². The summed E-state index contributed by atoms with van der Waals surface area (Å²) in [6, 6.07) is 7.26. The molecule has 0 aliphatic carbocycles. The molecular weight excluding hydrogens is 306 g/mol. The molecular formula is C17H25N5O2. The lowest BCUT2D eigenvalue weighted by Gasteiger charge is -2.28. The van der Waals surface area contributed by atoms with Crippen LogP contribution in [0, 0.1) is 5.92 Å². The summed E-state index contributed by atoms with van der Waals surface area (Å²) >= 11 is 0. The second kappa shape index (κ2) is 7.44. The van der Waals surface area contributed by atoms with E-state index in [9.17, 15) is 9.90 Å². The van der Waals surface area contributed by atoms with Gasteiger partial charge in [-0.3, -0.25) is 0 Å². The van der Waals surface area contributed by atoms with Gasteiger partial charge in [-0.2, -0.15) is 0 Å². The van der Waals surface area contributed by atoms with E-state index in [2.05, 4.69) is 20.9 Å². The zero-order chi connectivity index (χ0) is 17.7. The number of aromatic nitrogens is 3. The third-order valence-corrected chi connectivity index (χ3v) is 4.28. The molecule has 0 bridgehead atoms. The Kier molecular flexibility index (Phi) is 5.56. The number of urea groups is 1. The Morgan fingerprint density at radius 1 is 1.29 bits per heavy atom. The molecule has 7 nitrogen and oxygen atoms in total. The number of amides is 2. The van der Waals surface area contributed by atoms with E-state index >= 15 is 0 Å². The largest absolute Gasteiger partial charge is 0.388 e. The van der Waals surface area contributed by atoms with Gasteiger partial charge in [-0.25, -0.2) is 9.48 Å². The molecule has 24 heavy (non-hydrogen) atoms. The highest BCUT2D eigenvalue weighted by atomic mass is 16.3. The van der Waals surface area contributed by atoms with Crippen molar-refractivity contribution < 1.29 is 9.90 Å². The highest BCUT2D eigenvalue weighted by Gasteiger charge is 2.25. The number of hydrogen-bond acceptors (Lipinski definition) is 4. The van der Waals surface area contributed by atoms with Crippen LogP contribution in [0.1, 0.15) is 39.3 Å². The summed E-state index contributed by atoms with van der Waals surface area (Å²) in [6.07, 6.45) is 3.39. The number of carbonyl (C=O) groups excluding carboxylic acids is 1. The van der Waals surface area contributed by atoms with Crippen LogP contribution in [-0.4, -0.2) is 38.3 Å². The van der Waals surface area contributed by atoms with Gasteiger partial charge >= 0.3 is 6.03 Å². The minimum Gasteiger partial charge on any atom is -0.388 e. The normalized spacial score (nSPS) is 14.9. The van der Waals surface area contributed by atoms with Crippen LogP contribution in [0.2, 0.25) is 0 Å². The number of aliphatic hydroxyl groups is 1. The fraction of sp³-hybridized carbons (Fsp3) is 0.471. The zero-order valence-corrected chi connectivity index (χ0v) is 14.5. The van der Waals surface area contributed by atoms with E-state index < -0.39 is 5.60 Å². The second-order valence-corrected chi connectivity index (χ2v) is 6.50. The number of rotatable bonds is 6. The average molecular weight is 331 g/mol. The van der Waals surface area contributed by atoms with Gasteiger partial charge in [0.15, 0.2) is 0 Å². The van der Waals surface area contributed by atoms with Crippen molar-refractivity contribution in [3.05, 3.63) is 42.2 Å². The standard InChI is InChI=1S/C17H25N5O2/c1-12(2)17(4,24)11-18-16(23)20-13(3)14-5-7-15(8-6-14)22-10-9-19-21-22/h5-10,12-13,24H,11H2,1-4H3,(H2,18,20,23). The van der Waals surface area contributed by atoms with Gasteiger partial charge < -0.3 is 15.7 Å². The van der Waals surface area contributed by atoms with E-state index in [4.69, 9.17) is 0 Å². The molecule has 1 aromatic carbocycles. The zero-order valence-electron chi connectivity index (χ0n) is 14.5. The molecule has 0 fully saturated rings. The van der Waals surface area contributed by atoms with Gasteiger partial charge in [-0.15, -0.1) is 5.10 Å². The molecule has 0 radical (unpaired) electrons. The minimum atomic E-state index is -0.931. The Morgan fingerprint density at radius 3 is 2.50 bits per heavy atom. The predicted octanol–water partition coefficient (Wildman–Crippen LogP) is 2.03. The van der Waals surface area contributed by atoms with Crippen LogP contribution in [-0.2, 0) is 0 Å². The molecule has 0 saturated carbocycles. The average Bonchev–Trinajstić information content (AvgIpc) is 3.07. The van der Waals surface area contributed by atoms with E-state index in [1.54, 1.807) is 24.0 Å². The molecule has 0 aliphatic rings. The molecule has 130 valence electrons. The van der Waals surface area contributed by atoms with Crippen LogP contribution < -0.4 is 10.6 Å². The van der Waals surface area contributed by atoms with E-state index in [1.165, 1.54) is 0 Å². The monoisotopic (exact) mass is 331 g/mol. The molecule has 2 atom stereocenters. The van der Waals surface area contributed by atoms with Crippen molar-refractivity contribution in [3.63, 3.8) is 0 Å². The lowest BCUT2D eigenvalue weighted by molar-refractivity contribution is 0.0165. The van der Waals surface area contributed by atoms with Crippen LogP contribution in [0.15, 0.2) is 36.7 Å². The molecule has 0 spiro atoms. The van der Waals surface area contributed by atoms with Crippen molar-refractivity contribution in [2.75, 3.05) is 6.54 Å². The van der Waals surface area contributed by atoms with Gasteiger partial charge in [-0.1, -0.05) is 31.2 Å². The van der Waals surface area contributed by atoms with Crippen molar-refractivity contribution in [1.82, 2.24) is 25.6 Å². The first kappa shape index (κ1) is 17.9. The maximum atomic E-state index is 12.0. The maximum absolute atomic E-state index is 12.0. The lowest BCUT2D eigenvalue weighted by Crippen LogP contribution is -2.47. The Labute approximate surface area is 142 Å². The lowest BCUT2D eigenvalue weighted by atomic mass is 9.93. The van der Waals surface area contributed by atoms with Gasteiger partial charge in [0, 0.05) is 6.54 Å².